The molecule has 0 spiro atoms. The van der Waals surface area contributed by atoms with Gasteiger partial charge in [-0.15, -0.1) is 11.3 Å². The number of hydrogen-bond acceptors (Lipinski definition) is 3. The van der Waals surface area contributed by atoms with Gasteiger partial charge in [0.2, 0.25) is 0 Å². The molecule has 3 heteroatoms. The summed E-state index contributed by atoms with van der Waals surface area (Å²) >= 11 is 1.86. The van der Waals surface area contributed by atoms with Crippen LogP contribution in [-0.2, 0) is 6.54 Å². The van der Waals surface area contributed by atoms with E-state index in [0.717, 1.165) is 19.1 Å². The summed E-state index contributed by atoms with van der Waals surface area (Å²) in [6, 6.07) is 6.41. The summed E-state index contributed by atoms with van der Waals surface area (Å²) in [6.45, 7) is 9.13. The zero-order valence-electron chi connectivity index (χ0n) is 11.1. The van der Waals surface area contributed by atoms with Crippen molar-refractivity contribution in [1.29, 1.82) is 0 Å². The van der Waals surface area contributed by atoms with Crippen molar-refractivity contribution >= 4 is 11.3 Å². The summed E-state index contributed by atoms with van der Waals surface area (Å²) in [7, 11) is 0. The van der Waals surface area contributed by atoms with Gasteiger partial charge in [0.15, 0.2) is 0 Å². The average Bonchev–Trinajstić information content (AvgIpc) is 2.98. The van der Waals surface area contributed by atoms with Gasteiger partial charge in [0.25, 0.3) is 0 Å². The molecule has 1 heterocycles. The number of hydrogen-bond donors (Lipinski definition) is 1. The van der Waals surface area contributed by atoms with Crippen molar-refractivity contribution in [2.24, 2.45) is 0 Å². The molecule has 0 amide bonds. The zero-order chi connectivity index (χ0) is 12.3. The van der Waals surface area contributed by atoms with Gasteiger partial charge in [-0.2, -0.15) is 0 Å². The van der Waals surface area contributed by atoms with Crippen LogP contribution in [0.2, 0.25) is 0 Å². The largest absolute Gasteiger partial charge is 0.312 e. The number of thiophene rings is 1. The van der Waals surface area contributed by atoms with E-state index in [1.54, 1.807) is 0 Å². The van der Waals surface area contributed by atoms with E-state index in [-0.39, 0.29) is 0 Å². The molecule has 0 saturated heterocycles. The summed E-state index contributed by atoms with van der Waals surface area (Å²) in [5.74, 6) is 0. The van der Waals surface area contributed by atoms with Gasteiger partial charge in [0.1, 0.15) is 0 Å². The predicted octanol–water partition coefficient (Wildman–Crippen LogP) is 3.10. The lowest BCUT2D eigenvalue weighted by Gasteiger charge is -2.32. The maximum absolute atomic E-state index is 3.63. The summed E-state index contributed by atoms with van der Waals surface area (Å²) in [6.07, 6.45) is 2.75. The Morgan fingerprint density at radius 3 is 2.71 bits per heavy atom. The topological polar surface area (TPSA) is 15.3 Å². The fourth-order valence-corrected chi connectivity index (χ4v) is 2.88. The predicted molar refractivity (Wildman–Crippen MR) is 75.5 cm³/mol. The van der Waals surface area contributed by atoms with Crippen molar-refractivity contribution in [3.8, 4) is 0 Å². The molecular weight excluding hydrogens is 228 g/mol. The molecule has 96 valence electrons. The first-order valence-electron chi connectivity index (χ1n) is 6.68. The molecule has 0 aromatic carbocycles. The maximum Gasteiger partial charge on any atom is 0.0333 e. The van der Waals surface area contributed by atoms with E-state index in [2.05, 4.69) is 48.5 Å². The van der Waals surface area contributed by atoms with Gasteiger partial charge >= 0.3 is 0 Å². The van der Waals surface area contributed by atoms with Crippen LogP contribution in [0.4, 0.5) is 0 Å². The Morgan fingerprint density at radius 2 is 2.18 bits per heavy atom. The molecule has 1 N–H and O–H groups in total. The molecule has 0 aliphatic heterocycles. The zero-order valence-corrected chi connectivity index (χ0v) is 12.0. The highest BCUT2D eigenvalue weighted by atomic mass is 32.1. The van der Waals surface area contributed by atoms with E-state index < -0.39 is 0 Å². The van der Waals surface area contributed by atoms with E-state index in [0.29, 0.717) is 12.1 Å². The fraction of sp³-hybridized carbons (Fsp3) is 0.714. The number of nitrogens with zero attached hydrogens (tertiary/aromatic N) is 1. The Morgan fingerprint density at radius 1 is 1.41 bits per heavy atom. The van der Waals surface area contributed by atoms with Gasteiger partial charge in [-0.3, -0.25) is 4.90 Å². The minimum Gasteiger partial charge on any atom is -0.312 e. The first kappa shape index (κ1) is 13.1. The van der Waals surface area contributed by atoms with Crippen LogP contribution in [0.3, 0.4) is 0 Å². The van der Waals surface area contributed by atoms with Gasteiger partial charge in [-0.05, 0) is 45.1 Å². The first-order chi connectivity index (χ1) is 8.16. The van der Waals surface area contributed by atoms with Crippen LogP contribution in [0.15, 0.2) is 17.5 Å². The molecule has 1 unspecified atom stereocenters. The fourth-order valence-electron chi connectivity index (χ4n) is 2.17. The second kappa shape index (κ2) is 5.98. The smallest absolute Gasteiger partial charge is 0.0333 e. The lowest BCUT2D eigenvalue weighted by molar-refractivity contribution is 0.153. The van der Waals surface area contributed by atoms with E-state index in [1.807, 2.05) is 11.3 Å². The highest BCUT2D eigenvalue weighted by Crippen LogP contribution is 2.20. The Labute approximate surface area is 109 Å². The van der Waals surface area contributed by atoms with Crippen molar-refractivity contribution < 1.29 is 0 Å². The van der Waals surface area contributed by atoms with Gasteiger partial charge in [-0.25, -0.2) is 0 Å². The molecule has 0 bridgehead atoms. The summed E-state index contributed by atoms with van der Waals surface area (Å²) in [5.41, 5.74) is 0. The molecule has 1 fully saturated rings. The standard InChI is InChI=1S/C14H24N2S/c1-11(2)16(10-14-5-4-8-17-14)12(3)9-15-13-6-7-13/h4-5,8,11-13,15H,6-7,9-10H2,1-3H3. The second-order valence-electron chi connectivity index (χ2n) is 5.38. The first-order valence-corrected chi connectivity index (χ1v) is 7.56. The van der Waals surface area contributed by atoms with Gasteiger partial charge in [0.05, 0.1) is 0 Å². The van der Waals surface area contributed by atoms with Crippen LogP contribution < -0.4 is 5.32 Å². The Bertz CT molecular complexity index is 317. The van der Waals surface area contributed by atoms with Crippen molar-refractivity contribution in [3.05, 3.63) is 22.4 Å². The molecule has 17 heavy (non-hydrogen) atoms. The summed E-state index contributed by atoms with van der Waals surface area (Å²) in [5, 5.41) is 5.80. The van der Waals surface area contributed by atoms with Crippen molar-refractivity contribution in [3.63, 3.8) is 0 Å². The summed E-state index contributed by atoms with van der Waals surface area (Å²) in [4.78, 5) is 4.05. The van der Waals surface area contributed by atoms with Crippen LogP contribution in [0.25, 0.3) is 0 Å². The quantitative estimate of drug-likeness (QED) is 0.802. The molecule has 2 nitrogen and oxygen atoms in total. The van der Waals surface area contributed by atoms with Gasteiger partial charge in [-0.1, -0.05) is 6.07 Å². The van der Waals surface area contributed by atoms with Crippen molar-refractivity contribution in [2.75, 3.05) is 6.54 Å². The number of rotatable bonds is 7. The average molecular weight is 252 g/mol. The van der Waals surface area contributed by atoms with Crippen LogP contribution in [0.5, 0.6) is 0 Å². The summed E-state index contributed by atoms with van der Waals surface area (Å²) < 4.78 is 0. The van der Waals surface area contributed by atoms with Crippen LogP contribution in [0.1, 0.15) is 38.5 Å². The minimum absolute atomic E-state index is 0.605. The second-order valence-corrected chi connectivity index (χ2v) is 6.41. The van der Waals surface area contributed by atoms with Gasteiger partial charge < -0.3 is 5.32 Å². The van der Waals surface area contributed by atoms with Crippen LogP contribution in [-0.4, -0.2) is 29.6 Å². The monoisotopic (exact) mass is 252 g/mol. The van der Waals surface area contributed by atoms with E-state index >= 15 is 0 Å². The van der Waals surface area contributed by atoms with Crippen molar-refractivity contribution in [2.45, 2.75) is 58.3 Å². The highest BCUT2D eigenvalue weighted by molar-refractivity contribution is 7.09. The normalized spacial score (nSPS) is 17.9. The SMILES string of the molecule is CC(C)N(Cc1cccs1)C(C)CNC1CC1. The molecule has 1 atom stereocenters. The molecule has 2 rings (SSSR count). The van der Waals surface area contributed by atoms with Crippen molar-refractivity contribution in [1.82, 2.24) is 10.2 Å². The highest BCUT2D eigenvalue weighted by Gasteiger charge is 2.23. The Kier molecular flexibility index (Phi) is 4.60. The molecule has 0 radical (unpaired) electrons. The Balaban J connectivity index is 1.85. The van der Waals surface area contributed by atoms with E-state index in [4.69, 9.17) is 0 Å². The molecule has 1 saturated carbocycles. The third-order valence-electron chi connectivity index (χ3n) is 3.43. The Hall–Kier alpha value is -0.380. The lowest BCUT2D eigenvalue weighted by Crippen LogP contribution is -2.44. The molecule has 1 aromatic rings. The molecule has 1 aromatic heterocycles. The van der Waals surface area contributed by atoms with Crippen LogP contribution in [0, 0.1) is 0 Å². The number of nitrogens with one attached hydrogen (secondary N) is 1. The lowest BCUT2D eigenvalue weighted by atomic mass is 10.2. The molecule has 1 aliphatic rings. The third-order valence-corrected chi connectivity index (χ3v) is 4.29. The third kappa shape index (κ3) is 4.09. The van der Waals surface area contributed by atoms with E-state index in [9.17, 15) is 0 Å². The molecule has 1 aliphatic carbocycles. The van der Waals surface area contributed by atoms with Gasteiger partial charge in [0, 0.05) is 36.1 Å². The maximum atomic E-state index is 3.63. The van der Waals surface area contributed by atoms with Crippen LogP contribution >= 0.6 is 11.3 Å². The van der Waals surface area contributed by atoms with E-state index in [1.165, 1.54) is 17.7 Å². The minimum atomic E-state index is 0.605. The molecular formula is C14H24N2S.